The third-order valence-corrected chi connectivity index (χ3v) is 2.11. The fourth-order valence-corrected chi connectivity index (χ4v) is 1.23. The molecule has 0 aliphatic rings. The van der Waals surface area contributed by atoms with Crippen LogP contribution >= 0.6 is 0 Å². The Morgan fingerprint density at radius 3 is 1.88 bits per heavy atom. The fraction of sp³-hybridized carbons (Fsp3) is 0.667. The lowest BCUT2D eigenvalue weighted by Crippen LogP contribution is -2.34. The van der Waals surface area contributed by atoms with Gasteiger partial charge in [0.2, 0.25) is 0 Å². The van der Waals surface area contributed by atoms with E-state index in [1.54, 1.807) is 0 Å². The summed E-state index contributed by atoms with van der Waals surface area (Å²) in [5, 5.41) is 34.5. The van der Waals surface area contributed by atoms with Gasteiger partial charge in [-0.1, -0.05) is 6.42 Å². The summed E-state index contributed by atoms with van der Waals surface area (Å²) >= 11 is 0. The highest BCUT2D eigenvalue weighted by Crippen LogP contribution is 2.15. The van der Waals surface area contributed by atoms with Crippen LogP contribution in [0.1, 0.15) is 25.7 Å². The minimum Gasteiger partial charge on any atom is -0.481 e. The predicted molar refractivity (Wildman–Crippen MR) is 50.9 cm³/mol. The Hall–Kier alpha value is -1.63. The molecule has 0 heterocycles. The predicted octanol–water partition coefficient (Wildman–Crippen LogP) is -0.222. The van der Waals surface area contributed by atoms with E-state index in [9.17, 15) is 14.4 Å². The number of unbranched alkanes of at least 4 members (excludes halogenated alkanes) is 1. The molecule has 0 aliphatic heterocycles. The van der Waals surface area contributed by atoms with E-state index in [0.29, 0.717) is 0 Å². The summed E-state index contributed by atoms with van der Waals surface area (Å²) in [4.78, 5) is 31.2. The molecule has 4 N–H and O–H groups in total. The molecule has 2 unspecified atom stereocenters. The Labute approximate surface area is 91.3 Å². The molecule has 0 rings (SSSR count). The Bertz CT molecular complexity index is 273. The molecule has 0 aliphatic carbocycles. The standard InChI is InChI=1S/C9H14O7/c10-6(11)4-2-1-3-5(8(13)14)7(12)9(15)16/h5,7,12H,1-4H2,(H,10,11)(H,13,14)(H,15,16). The van der Waals surface area contributed by atoms with Gasteiger partial charge >= 0.3 is 17.9 Å². The maximum atomic E-state index is 10.6. The quantitative estimate of drug-likeness (QED) is 0.426. The van der Waals surface area contributed by atoms with Gasteiger partial charge in [-0.15, -0.1) is 0 Å². The molecule has 0 amide bonds. The number of carboxylic acids is 3. The van der Waals surface area contributed by atoms with E-state index in [0.717, 1.165) is 0 Å². The topological polar surface area (TPSA) is 132 Å². The Balaban J connectivity index is 4.10. The van der Waals surface area contributed by atoms with Crippen molar-refractivity contribution in [2.45, 2.75) is 31.8 Å². The molecular formula is C9H14O7. The highest BCUT2D eigenvalue weighted by molar-refractivity contribution is 5.81. The molecule has 92 valence electrons. The van der Waals surface area contributed by atoms with Crippen LogP contribution in [0.3, 0.4) is 0 Å². The van der Waals surface area contributed by atoms with Gasteiger partial charge in [0.25, 0.3) is 0 Å². The van der Waals surface area contributed by atoms with Crippen molar-refractivity contribution in [3.8, 4) is 0 Å². The van der Waals surface area contributed by atoms with Gasteiger partial charge in [0.15, 0.2) is 6.10 Å². The molecule has 0 aromatic rings. The lowest BCUT2D eigenvalue weighted by atomic mass is 9.95. The lowest BCUT2D eigenvalue weighted by Gasteiger charge is -2.14. The van der Waals surface area contributed by atoms with Gasteiger partial charge in [0, 0.05) is 6.42 Å². The van der Waals surface area contributed by atoms with Crippen LogP contribution in [-0.2, 0) is 14.4 Å². The van der Waals surface area contributed by atoms with Crippen LogP contribution in [0, 0.1) is 5.92 Å². The molecule has 2 atom stereocenters. The largest absolute Gasteiger partial charge is 0.481 e. The molecule has 7 heteroatoms. The first kappa shape index (κ1) is 14.4. The summed E-state index contributed by atoms with van der Waals surface area (Å²) in [5.74, 6) is -5.38. The second-order valence-corrected chi connectivity index (χ2v) is 3.37. The Kier molecular flexibility index (Phi) is 6.09. The number of aliphatic hydroxyl groups is 1. The molecule has 0 aromatic carbocycles. The minimum absolute atomic E-state index is 0.0594. The Morgan fingerprint density at radius 2 is 1.50 bits per heavy atom. The first-order valence-corrected chi connectivity index (χ1v) is 4.71. The van der Waals surface area contributed by atoms with Gasteiger partial charge in [-0.25, -0.2) is 4.79 Å². The van der Waals surface area contributed by atoms with Crippen LogP contribution in [0.4, 0.5) is 0 Å². The van der Waals surface area contributed by atoms with Crippen molar-refractivity contribution in [2.24, 2.45) is 5.92 Å². The average Bonchev–Trinajstić information content (AvgIpc) is 2.15. The average molecular weight is 234 g/mol. The van der Waals surface area contributed by atoms with Gasteiger partial charge in [-0.3, -0.25) is 9.59 Å². The van der Waals surface area contributed by atoms with Gasteiger partial charge in [-0.2, -0.15) is 0 Å². The molecule has 0 spiro atoms. The minimum atomic E-state index is -1.96. The van der Waals surface area contributed by atoms with E-state index in [1.807, 2.05) is 0 Å². The number of rotatable bonds is 8. The van der Waals surface area contributed by atoms with Crippen LogP contribution < -0.4 is 0 Å². The molecule has 16 heavy (non-hydrogen) atoms. The van der Waals surface area contributed by atoms with Crippen LogP contribution in [0.25, 0.3) is 0 Å². The first-order valence-electron chi connectivity index (χ1n) is 4.71. The maximum absolute atomic E-state index is 10.6. The van der Waals surface area contributed by atoms with E-state index in [1.165, 1.54) is 0 Å². The maximum Gasteiger partial charge on any atom is 0.333 e. The first-order chi connectivity index (χ1) is 7.36. The van der Waals surface area contributed by atoms with Crippen LogP contribution in [0.5, 0.6) is 0 Å². The zero-order chi connectivity index (χ0) is 12.7. The van der Waals surface area contributed by atoms with Crippen molar-refractivity contribution < 1.29 is 34.8 Å². The van der Waals surface area contributed by atoms with Crippen molar-refractivity contribution in [1.29, 1.82) is 0 Å². The highest BCUT2D eigenvalue weighted by atomic mass is 16.4. The summed E-state index contributed by atoms with van der Waals surface area (Å²) in [7, 11) is 0. The van der Waals surface area contributed by atoms with E-state index in [4.69, 9.17) is 20.4 Å². The highest BCUT2D eigenvalue weighted by Gasteiger charge is 2.31. The monoisotopic (exact) mass is 234 g/mol. The number of aliphatic carboxylic acids is 3. The van der Waals surface area contributed by atoms with E-state index in [-0.39, 0.29) is 25.7 Å². The van der Waals surface area contributed by atoms with Crippen LogP contribution in [0.2, 0.25) is 0 Å². The van der Waals surface area contributed by atoms with E-state index >= 15 is 0 Å². The summed E-state index contributed by atoms with van der Waals surface area (Å²) in [6, 6.07) is 0. The summed E-state index contributed by atoms with van der Waals surface area (Å²) in [6.45, 7) is 0. The smallest absolute Gasteiger partial charge is 0.333 e. The zero-order valence-corrected chi connectivity index (χ0v) is 8.50. The number of carboxylic acid groups (broad SMARTS) is 3. The van der Waals surface area contributed by atoms with Crippen molar-refractivity contribution in [1.82, 2.24) is 0 Å². The lowest BCUT2D eigenvalue weighted by molar-refractivity contribution is -0.159. The number of aliphatic hydroxyl groups excluding tert-OH is 1. The molecule has 0 radical (unpaired) electrons. The van der Waals surface area contributed by atoms with E-state index in [2.05, 4.69) is 0 Å². The van der Waals surface area contributed by atoms with Crippen molar-refractivity contribution in [2.75, 3.05) is 0 Å². The molecule has 0 fully saturated rings. The number of hydrogen-bond acceptors (Lipinski definition) is 4. The van der Waals surface area contributed by atoms with Crippen molar-refractivity contribution >= 4 is 17.9 Å². The van der Waals surface area contributed by atoms with Crippen LogP contribution in [-0.4, -0.2) is 44.4 Å². The zero-order valence-electron chi connectivity index (χ0n) is 8.50. The van der Waals surface area contributed by atoms with Gasteiger partial charge in [0.1, 0.15) is 0 Å². The number of carbonyl (C=O) groups is 3. The van der Waals surface area contributed by atoms with Gasteiger partial charge < -0.3 is 20.4 Å². The molecule has 0 bridgehead atoms. The van der Waals surface area contributed by atoms with Gasteiger partial charge in [-0.05, 0) is 12.8 Å². The van der Waals surface area contributed by atoms with Crippen molar-refractivity contribution in [3.05, 3.63) is 0 Å². The summed E-state index contributed by atoms with van der Waals surface area (Å²) in [6.07, 6.45) is -1.62. The molecular weight excluding hydrogens is 220 g/mol. The SMILES string of the molecule is O=C(O)CCCCC(C(=O)O)C(O)C(=O)O. The third kappa shape index (κ3) is 5.30. The molecule has 0 saturated heterocycles. The van der Waals surface area contributed by atoms with Gasteiger partial charge in [0.05, 0.1) is 5.92 Å². The normalized spacial score (nSPS) is 14.1. The molecule has 0 saturated carbocycles. The fourth-order valence-electron chi connectivity index (χ4n) is 1.23. The summed E-state index contributed by atoms with van der Waals surface area (Å²) in [5.41, 5.74) is 0. The molecule has 7 nitrogen and oxygen atoms in total. The second kappa shape index (κ2) is 6.78. The third-order valence-electron chi connectivity index (χ3n) is 2.11. The second-order valence-electron chi connectivity index (χ2n) is 3.37. The number of hydrogen-bond donors (Lipinski definition) is 4. The van der Waals surface area contributed by atoms with E-state index < -0.39 is 29.9 Å². The molecule has 0 aromatic heterocycles. The Morgan fingerprint density at radius 1 is 0.938 bits per heavy atom. The summed E-state index contributed by atoms with van der Waals surface area (Å²) < 4.78 is 0. The van der Waals surface area contributed by atoms with Crippen molar-refractivity contribution in [3.63, 3.8) is 0 Å². The van der Waals surface area contributed by atoms with Crippen LogP contribution in [0.15, 0.2) is 0 Å².